The molecule has 3 heterocycles. The number of hydrogen-bond donors (Lipinski definition) is 2. The molecule has 2 saturated heterocycles. The zero-order chi connectivity index (χ0) is 15.4. The predicted octanol–water partition coefficient (Wildman–Crippen LogP) is 0.646. The van der Waals surface area contributed by atoms with Crippen LogP contribution in [0.5, 0.6) is 0 Å². The first kappa shape index (κ1) is 15.2. The van der Waals surface area contributed by atoms with Crippen LogP contribution in [0.2, 0.25) is 0 Å². The molecule has 0 bridgehead atoms. The summed E-state index contributed by atoms with van der Waals surface area (Å²) in [5, 5.41) is 6.51. The molecule has 2 unspecified atom stereocenters. The van der Waals surface area contributed by atoms with Gasteiger partial charge in [-0.15, -0.1) is 0 Å². The van der Waals surface area contributed by atoms with Crippen LogP contribution in [0.25, 0.3) is 0 Å². The van der Waals surface area contributed by atoms with Crippen LogP contribution < -0.4 is 15.5 Å². The van der Waals surface area contributed by atoms with Gasteiger partial charge in [-0.3, -0.25) is 4.79 Å². The Balaban J connectivity index is 1.74. The number of anilines is 1. The molecule has 6 heteroatoms. The van der Waals surface area contributed by atoms with Crippen LogP contribution in [-0.4, -0.2) is 56.3 Å². The average Bonchev–Trinajstić information content (AvgIpc) is 2.58. The van der Waals surface area contributed by atoms with Gasteiger partial charge in [0.1, 0.15) is 5.82 Å². The average molecular weight is 304 g/mol. The van der Waals surface area contributed by atoms with Crippen LogP contribution in [0.1, 0.15) is 23.7 Å². The third kappa shape index (κ3) is 3.39. The molecule has 2 N–H and O–H groups in total. The number of aromatic nitrogens is 1. The number of rotatable bonds is 3. The molecule has 2 aliphatic rings. The minimum Gasteiger partial charge on any atom is -0.378 e. The number of amides is 1. The van der Waals surface area contributed by atoms with Crippen LogP contribution in [0.15, 0.2) is 18.3 Å². The van der Waals surface area contributed by atoms with Crippen molar-refractivity contribution in [3.63, 3.8) is 0 Å². The Kier molecular flexibility index (Phi) is 4.90. The second kappa shape index (κ2) is 7.07. The highest BCUT2D eigenvalue weighted by molar-refractivity contribution is 5.99. The van der Waals surface area contributed by atoms with Gasteiger partial charge in [0.25, 0.3) is 5.91 Å². The van der Waals surface area contributed by atoms with Crippen molar-refractivity contribution in [2.24, 2.45) is 5.92 Å². The number of carbonyl (C=O) groups excluding carboxylic acids is 1. The number of nitrogens with one attached hydrogen (secondary N) is 2. The number of hydrogen-bond acceptors (Lipinski definition) is 5. The first-order chi connectivity index (χ1) is 10.8. The molecule has 0 spiro atoms. The van der Waals surface area contributed by atoms with Gasteiger partial charge in [0, 0.05) is 31.9 Å². The lowest BCUT2D eigenvalue weighted by atomic mass is 9.94. The molecule has 2 fully saturated rings. The highest BCUT2D eigenvalue weighted by Gasteiger charge is 2.25. The van der Waals surface area contributed by atoms with Crippen LogP contribution in [0.4, 0.5) is 5.82 Å². The van der Waals surface area contributed by atoms with Crippen molar-refractivity contribution in [1.29, 1.82) is 0 Å². The summed E-state index contributed by atoms with van der Waals surface area (Å²) in [5.74, 6) is 1.23. The molecule has 1 amide bonds. The third-order valence-corrected chi connectivity index (χ3v) is 4.49. The van der Waals surface area contributed by atoms with Crippen molar-refractivity contribution >= 4 is 11.7 Å². The molecule has 2 aliphatic heterocycles. The SMILES string of the molecule is CC1CCNCC1NC(=O)c1cccnc1N1CCOCC1. The molecule has 0 aliphatic carbocycles. The van der Waals surface area contributed by atoms with Gasteiger partial charge in [-0.1, -0.05) is 6.92 Å². The van der Waals surface area contributed by atoms with Crippen molar-refractivity contribution in [3.05, 3.63) is 23.9 Å². The maximum Gasteiger partial charge on any atom is 0.255 e. The Labute approximate surface area is 131 Å². The Hall–Kier alpha value is -1.66. The van der Waals surface area contributed by atoms with E-state index in [1.54, 1.807) is 6.20 Å². The van der Waals surface area contributed by atoms with Crippen LogP contribution in [0.3, 0.4) is 0 Å². The molecule has 0 radical (unpaired) electrons. The van der Waals surface area contributed by atoms with Crippen molar-refractivity contribution in [1.82, 2.24) is 15.6 Å². The van der Waals surface area contributed by atoms with Gasteiger partial charge in [0.15, 0.2) is 0 Å². The number of piperidine rings is 1. The van der Waals surface area contributed by atoms with E-state index in [4.69, 9.17) is 4.74 Å². The molecular formula is C16H24N4O2. The van der Waals surface area contributed by atoms with E-state index in [0.29, 0.717) is 24.7 Å². The number of pyridine rings is 1. The van der Waals surface area contributed by atoms with E-state index in [0.717, 1.165) is 38.4 Å². The quantitative estimate of drug-likeness (QED) is 0.858. The van der Waals surface area contributed by atoms with Gasteiger partial charge in [0.2, 0.25) is 0 Å². The predicted molar refractivity (Wildman–Crippen MR) is 85.2 cm³/mol. The van der Waals surface area contributed by atoms with Crippen molar-refractivity contribution < 1.29 is 9.53 Å². The molecule has 0 aromatic carbocycles. The van der Waals surface area contributed by atoms with Gasteiger partial charge in [0.05, 0.1) is 18.8 Å². The summed E-state index contributed by atoms with van der Waals surface area (Å²) < 4.78 is 5.38. The zero-order valence-electron chi connectivity index (χ0n) is 13.0. The highest BCUT2D eigenvalue weighted by Crippen LogP contribution is 2.19. The van der Waals surface area contributed by atoms with Gasteiger partial charge in [-0.05, 0) is 31.0 Å². The molecule has 3 rings (SSSR count). The smallest absolute Gasteiger partial charge is 0.255 e. The molecule has 120 valence electrons. The monoisotopic (exact) mass is 304 g/mol. The fourth-order valence-corrected chi connectivity index (χ4v) is 3.03. The molecular weight excluding hydrogens is 280 g/mol. The van der Waals surface area contributed by atoms with Crippen molar-refractivity contribution in [2.45, 2.75) is 19.4 Å². The lowest BCUT2D eigenvalue weighted by molar-refractivity contribution is 0.0913. The Morgan fingerprint density at radius 1 is 1.45 bits per heavy atom. The molecule has 0 saturated carbocycles. The second-order valence-electron chi connectivity index (χ2n) is 6.02. The van der Waals surface area contributed by atoms with Crippen LogP contribution in [-0.2, 0) is 4.74 Å². The van der Waals surface area contributed by atoms with E-state index in [1.165, 1.54) is 0 Å². The van der Waals surface area contributed by atoms with E-state index >= 15 is 0 Å². The summed E-state index contributed by atoms with van der Waals surface area (Å²) in [6, 6.07) is 3.86. The second-order valence-corrected chi connectivity index (χ2v) is 6.02. The Morgan fingerprint density at radius 2 is 2.27 bits per heavy atom. The normalized spacial score (nSPS) is 25.8. The minimum absolute atomic E-state index is 0.0323. The third-order valence-electron chi connectivity index (χ3n) is 4.49. The summed E-state index contributed by atoms with van der Waals surface area (Å²) in [4.78, 5) is 19.2. The molecule has 2 atom stereocenters. The van der Waals surface area contributed by atoms with Crippen molar-refractivity contribution in [3.8, 4) is 0 Å². The maximum absolute atomic E-state index is 12.7. The maximum atomic E-state index is 12.7. The molecule has 22 heavy (non-hydrogen) atoms. The van der Waals surface area contributed by atoms with Crippen LogP contribution >= 0.6 is 0 Å². The lowest BCUT2D eigenvalue weighted by Crippen LogP contribution is -2.50. The summed E-state index contributed by atoms with van der Waals surface area (Å²) in [6.07, 6.45) is 2.83. The number of carbonyl (C=O) groups is 1. The van der Waals surface area contributed by atoms with Gasteiger partial charge >= 0.3 is 0 Å². The van der Waals surface area contributed by atoms with Crippen molar-refractivity contribution in [2.75, 3.05) is 44.3 Å². The molecule has 6 nitrogen and oxygen atoms in total. The summed E-state index contributed by atoms with van der Waals surface area (Å²) in [7, 11) is 0. The molecule has 1 aromatic rings. The number of nitrogens with zero attached hydrogens (tertiary/aromatic N) is 2. The standard InChI is InChI=1S/C16H24N4O2/c1-12-4-6-17-11-14(12)19-16(21)13-3-2-5-18-15(13)20-7-9-22-10-8-20/h2-3,5,12,14,17H,4,6-11H2,1H3,(H,19,21). The highest BCUT2D eigenvalue weighted by atomic mass is 16.5. The van der Waals surface area contributed by atoms with Gasteiger partial charge < -0.3 is 20.3 Å². The van der Waals surface area contributed by atoms with E-state index in [9.17, 15) is 4.79 Å². The first-order valence-corrected chi connectivity index (χ1v) is 8.05. The number of ether oxygens (including phenoxy) is 1. The zero-order valence-corrected chi connectivity index (χ0v) is 13.0. The van der Waals surface area contributed by atoms with E-state index in [2.05, 4.69) is 27.4 Å². The summed E-state index contributed by atoms with van der Waals surface area (Å²) in [6.45, 7) is 6.97. The van der Waals surface area contributed by atoms with Crippen LogP contribution in [0, 0.1) is 5.92 Å². The minimum atomic E-state index is -0.0323. The summed E-state index contributed by atoms with van der Waals surface area (Å²) in [5.41, 5.74) is 0.655. The Bertz CT molecular complexity index is 517. The Morgan fingerprint density at radius 3 is 3.05 bits per heavy atom. The van der Waals surface area contributed by atoms with E-state index < -0.39 is 0 Å². The summed E-state index contributed by atoms with van der Waals surface area (Å²) >= 11 is 0. The largest absolute Gasteiger partial charge is 0.378 e. The van der Waals surface area contributed by atoms with E-state index in [-0.39, 0.29) is 11.9 Å². The fraction of sp³-hybridized carbons (Fsp3) is 0.625. The van der Waals surface area contributed by atoms with Gasteiger partial charge in [-0.2, -0.15) is 0 Å². The first-order valence-electron chi connectivity index (χ1n) is 8.05. The van der Waals surface area contributed by atoms with Gasteiger partial charge in [-0.25, -0.2) is 4.98 Å². The fourth-order valence-electron chi connectivity index (χ4n) is 3.03. The molecule has 1 aromatic heterocycles. The lowest BCUT2D eigenvalue weighted by Gasteiger charge is -2.32. The topological polar surface area (TPSA) is 66.5 Å². The number of morpholine rings is 1. The van der Waals surface area contributed by atoms with E-state index in [1.807, 2.05) is 12.1 Å².